The van der Waals surface area contributed by atoms with Gasteiger partial charge in [-0.1, -0.05) is 143 Å². The fourth-order valence-electron chi connectivity index (χ4n) is 8.43. The summed E-state index contributed by atoms with van der Waals surface area (Å²) in [5, 5.41) is 2.27. The molecule has 0 amide bonds. The van der Waals surface area contributed by atoms with Crippen molar-refractivity contribution in [1.29, 1.82) is 0 Å². The summed E-state index contributed by atoms with van der Waals surface area (Å²) in [6.07, 6.45) is 1.92. The summed E-state index contributed by atoms with van der Waals surface area (Å²) in [6, 6.07) is 53.2. The van der Waals surface area contributed by atoms with Gasteiger partial charge in [0.1, 0.15) is 5.82 Å². The average molecular weight is 1020 g/mol. The van der Waals surface area contributed by atoms with Gasteiger partial charge in [0.15, 0.2) is 0 Å². The molecule has 2 aromatic heterocycles. The summed E-state index contributed by atoms with van der Waals surface area (Å²) >= 11 is 0. The maximum Gasteiger partial charge on any atom is 0.135 e. The number of nitrogens with zero attached hydrogens (tertiary/aromatic N) is 4. The van der Waals surface area contributed by atoms with E-state index in [4.69, 9.17) is 9.72 Å². The Morgan fingerprint density at radius 1 is 0.500 bits per heavy atom. The van der Waals surface area contributed by atoms with Crippen LogP contribution in [0.4, 0.5) is 22.7 Å². The van der Waals surface area contributed by atoms with E-state index in [1.165, 1.54) is 33.2 Å². The van der Waals surface area contributed by atoms with Gasteiger partial charge in [0.2, 0.25) is 0 Å². The quantitative estimate of drug-likeness (QED) is 0.155. The molecule has 8 aromatic rings. The Kier molecular flexibility index (Phi) is 11.5. The third kappa shape index (κ3) is 8.64. The molecule has 0 spiro atoms. The van der Waals surface area contributed by atoms with Crippen molar-refractivity contribution in [1.82, 2.24) is 9.55 Å². The Morgan fingerprint density at radius 3 is 1.83 bits per heavy atom. The topological polar surface area (TPSA) is 33.5 Å². The third-order valence-electron chi connectivity index (χ3n) is 12.3. The zero-order valence-electron chi connectivity index (χ0n) is 39.3. The number of ether oxygens (including phenoxy) is 1. The van der Waals surface area contributed by atoms with E-state index in [1.807, 2.05) is 24.4 Å². The number of aromatic nitrogens is 2. The Labute approximate surface area is 395 Å². The number of hydrogen-bond donors (Lipinski definition) is 0. The molecule has 6 heteroatoms. The van der Waals surface area contributed by atoms with Crippen LogP contribution in [0, 0.1) is 18.8 Å². The number of hydrogen-bond acceptors (Lipinski definition) is 4. The fraction of sp³-hybridized carbons (Fsp3) is 0.276. The zero-order valence-corrected chi connectivity index (χ0v) is 41.6. The molecule has 330 valence electrons. The van der Waals surface area contributed by atoms with E-state index in [9.17, 15) is 0 Å². The van der Waals surface area contributed by atoms with E-state index in [-0.39, 0.29) is 42.7 Å². The average Bonchev–Trinajstić information content (AvgIpc) is 3.78. The molecule has 5 nitrogen and oxygen atoms in total. The maximum atomic E-state index is 6.71. The van der Waals surface area contributed by atoms with Crippen LogP contribution >= 0.6 is 0 Å². The van der Waals surface area contributed by atoms with E-state index < -0.39 is 0 Å². The normalized spacial score (nSPS) is 13.4. The molecule has 0 saturated heterocycles. The van der Waals surface area contributed by atoms with E-state index in [2.05, 4.69) is 225 Å². The summed E-state index contributed by atoms with van der Waals surface area (Å²) in [4.78, 5) is 9.48. The van der Waals surface area contributed by atoms with E-state index in [0.29, 0.717) is 11.5 Å². The molecule has 0 N–H and O–H groups in total. The van der Waals surface area contributed by atoms with Gasteiger partial charge in [0.25, 0.3) is 0 Å². The van der Waals surface area contributed by atoms with Crippen LogP contribution < -0.4 is 14.5 Å². The number of benzene rings is 6. The molecule has 0 unspecified atom stereocenters. The Bertz CT molecular complexity index is 2980. The number of pyridine rings is 1. The second-order valence-electron chi connectivity index (χ2n) is 21.3. The minimum absolute atomic E-state index is 0. The van der Waals surface area contributed by atoms with Crippen LogP contribution in [0.2, 0.25) is 0 Å². The van der Waals surface area contributed by atoms with E-state index in [0.717, 1.165) is 50.6 Å². The Morgan fingerprint density at radius 2 is 1.16 bits per heavy atom. The Balaban J connectivity index is 0.00000560. The third-order valence-corrected chi connectivity index (χ3v) is 12.3. The first-order valence-electron chi connectivity index (χ1n) is 22.2. The molecule has 0 saturated carbocycles. The summed E-state index contributed by atoms with van der Waals surface area (Å²) in [6.45, 7) is 29.4. The van der Waals surface area contributed by atoms with Crippen molar-refractivity contribution < 1.29 is 25.8 Å². The smallest absolute Gasteiger partial charge is 0.135 e. The van der Waals surface area contributed by atoms with Crippen molar-refractivity contribution in [3.63, 3.8) is 0 Å². The van der Waals surface area contributed by atoms with Gasteiger partial charge in [-0.2, -0.15) is 12.1 Å². The second kappa shape index (κ2) is 16.4. The molecule has 0 aliphatic carbocycles. The minimum atomic E-state index is -0.0327. The molecular formula is C58H59N4OPt-3. The molecule has 0 bridgehead atoms. The van der Waals surface area contributed by atoms with E-state index >= 15 is 0 Å². The Hall–Kier alpha value is -5.64. The van der Waals surface area contributed by atoms with Crippen LogP contribution in [0.3, 0.4) is 0 Å². The first-order chi connectivity index (χ1) is 29.7. The molecule has 1 aliphatic heterocycles. The minimum Gasteiger partial charge on any atom is -0.509 e. The SMILES string of the molecule is CC(C)(C)c1cc(N2[CH-]N(c3[c-]c(Oc4[c-]c5c(cc4)c4cc(C(C)(C)C)ccc4n5-c4cc(C(C)(C)C)ccn4)ccc3)c3ccc(-c4ccccc4)cc32)cc(C(C)(C)C)c1.[Pt]. The van der Waals surface area contributed by atoms with Crippen LogP contribution in [-0.4, -0.2) is 9.55 Å². The number of anilines is 4. The first kappa shape index (κ1) is 44.9. The van der Waals surface area contributed by atoms with Gasteiger partial charge in [0.05, 0.1) is 0 Å². The monoisotopic (exact) mass is 1020 g/mol. The van der Waals surface area contributed by atoms with E-state index in [1.54, 1.807) is 0 Å². The van der Waals surface area contributed by atoms with Crippen LogP contribution in [-0.2, 0) is 42.7 Å². The van der Waals surface area contributed by atoms with Crippen LogP contribution in [0.1, 0.15) is 105 Å². The van der Waals surface area contributed by atoms with Gasteiger partial charge in [0, 0.05) is 61.3 Å². The molecule has 3 heterocycles. The van der Waals surface area contributed by atoms with Crippen molar-refractivity contribution in [2.45, 2.75) is 105 Å². The molecule has 0 fully saturated rings. The van der Waals surface area contributed by atoms with Gasteiger partial charge in [-0.25, -0.2) is 4.98 Å². The zero-order chi connectivity index (χ0) is 44.6. The van der Waals surface area contributed by atoms with Crippen LogP contribution in [0.15, 0.2) is 134 Å². The van der Waals surface area contributed by atoms with Crippen LogP contribution in [0.5, 0.6) is 11.5 Å². The molecule has 0 atom stereocenters. The summed E-state index contributed by atoms with van der Waals surface area (Å²) < 4.78 is 8.94. The maximum absolute atomic E-state index is 6.71. The number of rotatable bonds is 6. The van der Waals surface area contributed by atoms with Crippen molar-refractivity contribution >= 4 is 44.6 Å². The standard InChI is InChI=1S/C58H59N4O.Pt/c1-55(2,3)40-22-26-50-49(33-40)48-24-23-47(36-52(48)62(50)54-34-41(27-28-59-54)56(4,5)6)63-46-20-16-19-44(35-46)60-37-61(45-31-42(57(7,8)9)30-43(32-45)58(10,11)12)53-29-39(21-25-51(53)60)38-17-14-13-15-18-38;/h13-34,37H,1-12H3;/q-3;. The van der Waals surface area contributed by atoms with Gasteiger partial charge < -0.3 is 19.1 Å². The van der Waals surface area contributed by atoms with Gasteiger partial charge in [-0.3, -0.25) is 0 Å². The predicted molar refractivity (Wildman–Crippen MR) is 264 cm³/mol. The first-order valence-corrected chi connectivity index (χ1v) is 22.2. The van der Waals surface area contributed by atoms with Gasteiger partial charge in [-0.05, 0) is 103 Å². The molecule has 64 heavy (non-hydrogen) atoms. The summed E-state index contributed by atoms with van der Waals surface area (Å²) in [5.41, 5.74) is 13.6. The van der Waals surface area contributed by atoms with Crippen molar-refractivity contribution in [2.24, 2.45) is 0 Å². The summed E-state index contributed by atoms with van der Waals surface area (Å²) in [7, 11) is 0. The van der Waals surface area contributed by atoms with Crippen molar-refractivity contribution in [3.8, 4) is 28.4 Å². The van der Waals surface area contributed by atoms with Crippen molar-refractivity contribution in [2.75, 3.05) is 9.80 Å². The fourth-order valence-corrected chi connectivity index (χ4v) is 8.43. The van der Waals surface area contributed by atoms with Gasteiger partial charge >= 0.3 is 0 Å². The second-order valence-corrected chi connectivity index (χ2v) is 21.3. The molecule has 0 radical (unpaired) electrons. The molecule has 6 aromatic carbocycles. The van der Waals surface area contributed by atoms with Crippen LogP contribution in [0.25, 0.3) is 38.8 Å². The molecule has 9 rings (SSSR count). The van der Waals surface area contributed by atoms with Crippen molar-refractivity contribution in [3.05, 3.63) is 175 Å². The molecule has 1 aliphatic rings. The largest absolute Gasteiger partial charge is 0.509 e. The molecular weight excluding hydrogens is 964 g/mol. The predicted octanol–water partition coefficient (Wildman–Crippen LogP) is 15.8. The number of fused-ring (bicyclic) bond motifs is 4. The van der Waals surface area contributed by atoms with Gasteiger partial charge in [-0.15, -0.1) is 48.1 Å². The summed E-state index contributed by atoms with van der Waals surface area (Å²) in [5.74, 6) is 2.07.